The van der Waals surface area contributed by atoms with Gasteiger partial charge >= 0.3 is 0 Å². The smallest absolute Gasteiger partial charge is 0.161 e. The molecule has 0 atom stereocenters. The molecule has 0 bridgehead atoms. The molecule has 0 spiro atoms. The molecule has 3 aromatic heterocycles. The number of imidazole rings is 1. The third-order valence-corrected chi connectivity index (χ3v) is 7.82. The van der Waals surface area contributed by atoms with Gasteiger partial charge in [0, 0.05) is 29.2 Å². The summed E-state index contributed by atoms with van der Waals surface area (Å²) < 4.78 is 1.97. The van der Waals surface area contributed by atoms with Gasteiger partial charge < -0.3 is 4.98 Å². The first-order valence-electron chi connectivity index (χ1n) is 13.9. The van der Waals surface area contributed by atoms with Gasteiger partial charge in [-0.3, -0.25) is 4.90 Å². The van der Waals surface area contributed by atoms with Gasteiger partial charge in [0.25, 0.3) is 0 Å². The Kier molecular flexibility index (Phi) is 6.42. The standard InChI is InChI=1S/C33H31N7/c1-23-12-17-29-34-30(31(40(29)38-23)26-8-4-2-5-9-26)25-15-13-24(14-16-25)22-39-20-18-28(19-21-39)33-35-32(36-37-33)27-10-6-3-7-11-27/h2-17,28H,18-22H2,1H3,(H,35,36,37). The average Bonchev–Trinajstić information content (AvgIpc) is 3.65. The zero-order valence-electron chi connectivity index (χ0n) is 22.5. The maximum Gasteiger partial charge on any atom is 0.161 e. The van der Waals surface area contributed by atoms with Crippen molar-refractivity contribution in [2.45, 2.75) is 32.2 Å². The average molecular weight is 526 g/mol. The molecule has 0 unspecified atom stereocenters. The number of aromatic amines is 1. The van der Waals surface area contributed by atoms with Crippen molar-refractivity contribution in [1.82, 2.24) is 34.7 Å². The summed E-state index contributed by atoms with van der Waals surface area (Å²) in [6, 6.07) is 33.5. The number of piperidine rings is 1. The molecule has 0 amide bonds. The Bertz CT molecular complexity index is 1730. The lowest BCUT2D eigenvalue weighted by Crippen LogP contribution is -2.32. The maximum atomic E-state index is 4.98. The number of nitrogens with one attached hydrogen (secondary N) is 1. The first-order valence-corrected chi connectivity index (χ1v) is 13.9. The summed E-state index contributed by atoms with van der Waals surface area (Å²) >= 11 is 0. The predicted octanol–water partition coefficient (Wildman–Crippen LogP) is 6.54. The van der Waals surface area contributed by atoms with E-state index in [9.17, 15) is 0 Å². The molecule has 1 aliphatic heterocycles. The van der Waals surface area contributed by atoms with E-state index >= 15 is 0 Å². The highest BCUT2D eigenvalue weighted by Crippen LogP contribution is 2.33. The summed E-state index contributed by atoms with van der Waals surface area (Å²) in [6.07, 6.45) is 2.16. The first kappa shape index (κ1) is 24.4. The zero-order valence-corrected chi connectivity index (χ0v) is 22.5. The molecule has 7 heteroatoms. The lowest BCUT2D eigenvalue weighted by atomic mass is 9.95. The molecule has 40 heavy (non-hydrogen) atoms. The molecule has 7 nitrogen and oxygen atoms in total. The summed E-state index contributed by atoms with van der Waals surface area (Å²) in [5.41, 5.74) is 8.40. The molecular formula is C33H31N7. The minimum Gasteiger partial charge on any atom is -0.325 e. The molecule has 0 radical (unpaired) electrons. The van der Waals surface area contributed by atoms with Crippen LogP contribution in [0.2, 0.25) is 0 Å². The number of benzene rings is 3. The van der Waals surface area contributed by atoms with Crippen LogP contribution in [0, 0.1) is 6.92 Å². The number of rotatable bonds is 6. The Balaban J connectivity index is 1.05. The number of H-pyrrole nitrogens is 1. The predicted molar refractivity (Wildman–Crippen MR) is 158 cm³/mol. The van der Waals surface area contributed by atoms with E-state index in [-0.39, 0.29) is 0 Å². The molecule has 6 aromatic rings. The second-order valence-corrected chi connectivity index (χ2v) is 10.6. The van der Waals surface area contributed by atoms with Gasteiger partial charge in [-0.2, -0.15) is 5.10 Å². The molecule has 198 valence electrons. The zero-order chi connectivity index (χ0) is 26.9. The van der Waals surface area contributed by atoms with Crippen LogP contribution in [-0.4, -0.2) is 47.8 Å². The van der Waals surface area contributed by atoms with Crippen molar-refractivity contribution in [3.8, 4) is 33.9 Å². The maximum absolute atomic E-state index is 4.98. The van der Waals surface area contributed by atoms with Gasteiger partial charge in [0.05, 0.1) is 11.4 Å². The van der Waals surface area contributed by atoms with Gasteiger partial charge in [-0.05, 0) is 50.6 Å². The Morgan fingerprint density at radius 3 is 2.17 bits per heavy atom. The molecule has 1 aliphatic rings. The SMILES string of the molecule is Cc1ccc2nc(-c3ccc(CN4CCC(c5nnc(-c6ccccc6)[nH]5)CC4)cc3)c(-c3ccccc3)n2n1. The van der Waals surface area contributed by atoms with E-state index in [1.54, 1.807) is 0 Å². The third kappa shape index (κ3) is 4.80. The van der Waals surface area contributed by atoms with Crippen molar-refractivity contribution in [2.75, 3.05) is 13.1 Å². The molecule has 1 fully saturated rings. The summed E-state index contributed by atoms with van der Waals surface area (Å²) in [6.45, 7) is 5.04. The Morgan fingerprint density at radius 2 is 1.45 bits per heavy atom. The molecular weight excluding hydrogens is 494 g/mol. The number of aryl methyl sites for hydroxylation is 1. The van der Waals surface area contributed by atoms with Gasteiger partial charge in [-0.25, -0.2) is 9.50 Å². The van der Waals surface area contributed by atoms with Crippen LogP contribution >= 0.6 is 0 Å². The van der Waals surface area contributed by atoms with Crippen molar-refractivity contribution in [3.63, 3.8) is 0 Å². The number of aromatic nitrogens is 6. The number of hydrogen-bond donors (Lipinski definition) is 1. The number of hydrogen-bond acceptors (Lipinski definition) is 5. The lowest BCUT2D eigenvalue weighted by molar-refractivity contribution is 0.202. The van der Waals surface area contributed by atoms with E-state index in [1.807, 2.05) is 47.8 Å². The van der Waals surface area contributed by atoms with Crippen molar-refractivity contribution in [3.05, 3.63) is 114 Å². The van der Waals surface area contributed by atoms with Crippen LogP contribution in [0.3, 0.4) is 0 Å². The Labute approximate surface area is 233 Å². The van der Waals surface area contributed by atoms with Crippen LogP contribution in [0.5, 0.6) is 0 Å². The molecule has 3 aromatic carbocycles. The van der Waals surface area contributed by atoms with E-state index in [0.29, 0.717) is 5.92 Å². The minimum atomic E-state index is 0.423. The van der Waals surface area contributed by atoms with Crippen LogP contribution in [0.1, 0.15) is 35.8 Å². The lowest BCUT2D eigenvalue weighted by Gasteiger charge is -2.30. The van der Waals surface area contributed by atoms with Gasteiger partial charge in [0.2, 0.25) is 0 Å². The van der Waals surface area contributed by atoms with Crippen LogP contribution in [0.4, 0.5) is 0 Å². The highest BCUT2D eigenvalue weighted by Gasteiger charge is 2.24. The van der Waals surface area contributed by atoms with E-state index in [4.69, 9.17) is 10.1 Å². The second kappa shape index (κ2) is 10.5. The number of fused-ring (bicyclic) bond motifs is 1. The Morgan fingerprint density at radius 1 is 0.750 bits per heavy atom. The minimum absolute atomic E-state index is 0.423. The number of likely N-dealkylation sites (tertiary alicyclic amines) is 1. The largest absolute Gasteiger partial charge is 0.325 e. The van der Waals surface area contributed by atoms with E-state index in [1.165, 1.54) is 5.56 Å². The van der Waals surface area contributed by atoms with Crippen LogP contribution in [0.15, 0.2) is 97.1 Å². The van der Waals surface area contributed by atoms with E-state index in [0.717, 1.165) is 83.5 Å². The first-order chi connectivity index (χ1) is 19.7. The van der Waals surface area contributed by atoms with Crippen molar-refractivity contribution in [2.24, 2.45) is 0 Å². The van der Waals surface area contributed by atoms with Gasteiger partial charge in [0.15, 0.2) is 11.5 Å². The highest BCUT2D eigenvalue weighted by molar-refractivity contribution is 5.81. The molecule has 0 saturated carbocycles. The van der Waals surface area contributed by atoms with Crippen molar-refractivity contribution in [1.29, 1.82) is 0 Å². The second-order valence-electron chi connectivity index (χ2n) is 10.6. The molecule has 4 heterocycles. The van der Waals surface area contributed by atoms with Gasteiger partial charge in [-0.1, -0.05) is 84.9 Å². The normalized spacial score (nSPS) is 14.6. The summed E-state index contributed by atoms with van der Waals surface area (Å²) in [5, 5.41) is 13.6. The Hall–Kier alpha value is -4.62. The van der Waals surface area contributed by atoms with Crippen LogP contribution < -0.4 is 0 Å². The monoisotopic (exact) mass is 525 g/mol. The third-order valence-electron chi connectivity index (χ3n) is 7.82. The van der Waals surface area contributed by atoms with E-state index < -0.39 is 0 Å². The molecule has 7 rings (SSSR count). The van der Waals surface area contributed by atoms with Crippen molar-refractivity contribution >= 4 is 5.65 Å². The van der Waals surface area contributed by atoms with Crippen LogP contribution in [0.25, 0.3) is 39.5 Å². The molecule has 1 N–H and O–H groups in total. The topological polar surface area (TPSA) is 75.0 Å². The quantitative estimate of drug-likeness (QED) is 0.267. The van der Waals surface area contributed by atoms with Crippen LogP contribution in [-0.2, 0) is 6.54 Å². The summed E-state index contributed by atoms with van der Waals surface area (Å²) in [5.74, 6) is 2.28. The fourth-order valence-electron chi connectivity index (χ4n) is 5.66. The fraction of sp³-hybridized carbons (Fsp3) is 0.212. The van der Waals surface area contributed by atoms with E-state index in [2.05, 4.69) is 80.7 Å². The summed E-state index contributed by atoms with van der Waals surface area (Å²) in [4.78, 5) is 11.0. The number of nitrogens with zero attached hydrogens (tertiary/aromatic N) is 6. The van der Waals surface area contributed by atoms with Crippen molar-refractivity contribution < 1.29 is 0 Å². The highest BCUT2D eigenvalue weighted by atomic mass is 15.3. The fourth-order valence-corrected chi connectivity index (χ4v) is 5.66. The summed E-state index contributed by atoms with van der Waals surface area (Å²) in [7, 11) is 0. The van der Waals surface area contributed by atoms with Gasteiger partial charge in [0.1, 0.15) is 11.5 Å². The molecule has 0 aliphatic carbocycles. The molecule has 1 saturated heterocycles. The van der Waals surface area contributed by atoms with Gasteiger partial charge in [-0.15, -0.1) is 10.2 Å².